The van der Waals surface area contributed by atoms with Gasteiger partial charge in [0.05, 0.1) is 19.1 Å². The Kier molecular flexibility index (Phi) is 8.08. The van der Waals surface area contributed by atoms with Gasteiger partial charge in [-0.2, -0.15) is 0 Å². The van der Waals surface area contributed by atoms with E-state index < -0.39 is 30.0 Å². The molecule has 1 aromatic heterocycles. The van der Waals surface area contributed by atoms with Crippen LogP contribution in [-0.2, 0) is 25.6 Å². The number of ether oxygens (including phenoxy) is 2. The van der Waals surface area contributed by atoms with Crippen LogP contribution in [0.25, 0.3) is 0 Å². The molecule has 1 aliphatic rings. The number of aromatic nitrogens is 2. The summed E-state index contributed by atoms with van der Waals surface area (Å²) in [5.41, 5.74) is 0.823. The Balaban J connectivity index is 1.83. The standard InChI is InChI=1S/C21H26N6O6/c1-32-17(28)13-26(14-18(29)33-2)21-19(27(30)31)20(22-15-23-21)25-10-8-24(9-11-25)12-16-6-4-3-5-7-16/h3-7,15H,8-14H2,1-2H3. The first-order valence-electron chi connectivity index (χ1n) is 10.3. The summed E-state index contributed by atoms with van der Waals surface area (Å²) >= 11 is 0. The first kappa shape index (κ1) is 23.9. The van der Waals surface area contributed by atoms with Gasteiger partial charge in [-0.05, 0) is 5.56 Å². The fourth-order valence-corrected chi connectivity index (χ4v) is 3.59. The summed E-state index contributed by atoms with van der Waals surface area (Å²) < 4.78 is 9.33. The summed E-state index contributed by atoms with van der Waals surface area (Å²) in [6.45, 7) is 2.41. The second-order valence-corrected chi connectivity index (χ2v) is 7.38. The largest absolute Gasteiger partial charge is 0.468 e. The number of benzene rings is 1. The van der Waals surface area contributed by atoms with Crippen molar-refractivity contribution >= 4 is 29.3 Å². The van der Waals surface area contributed by atoms with Crippen molar-refractivity contribution in [2.24, 2.45) is 0 Å². The van der Waals surface area contributed by atoms with Gasteiger partial charge in [-0.3, -0.25) is 24.6 Å². The number of nitro groups is 1. The predicted octanol–water partition coefficient (Wildman–Crippen LogP) is 0.859. The number of carbonyl (C=O) groups is 2. The van der Waals surface area contributed by atoms with Gasteiger partial charge >= 0.3 is 17.6 Å². The minimum Gasteiger partial charge on any atom is -0.468 e. The average molecular weight is 458 g/mol. The van der Waals surface area contributed by atoms with Crippen LogP contribution in [0, 0.1) is 10.1 Å². The molecule has 1 saturated heterocycles. The Morgan fingerprint density at radius 3 is 2.18 bits per heavy atom. The third-order valence-corrected chi connectivity index (χ3v) is 5.28. The molecule has 2 aromatic rings. The third-order valence-electron chi connectivity index (χ3n) is 5.28. The van der Waals surface area contributed by atoms with Crippen LogP contribution in [0.1, 0.15) is 5.56 Å². The number of rotatable bonds is 9. The highest BCUT2D eigenvalue weighted by Gasteiger charge is 2.33. The maximum Gasteiger partial charge on any atom is 0.353 e. The molecule has 3 rings (SSSR count). The quantitative estimate of drug-likeness (QED) is 0.301. The van der Waals surface area contributed by atoms with E-state index in [9.17, 15) is 19.7 Å². The second-order valence-electron chi connectivity index (χ2n) is 7.38. The topological polar surface area (TPSA) is 131 Å². The maximum absolute atomic E-state index is 12.0. The molecule has 12 nitrogen and oxygen atoms in total. The lowest BCUT2D eigenvalue weighted by Crippen LogP contribution is -2.46. The number of hydrogen-bond donors (Lipinski definition) is 0. The van der Waals surface area contributed by atoms with Crippen LogP contribution in [0.5, 0.6) is 0 Å². The Labute approximate surface area is 190 Å². The number of methoxy groups -OCH3 is 2. The molecule has 0 aliphatic carbocycles. The molecule has 0 radical (unpaired) electrons. The fourth-order valence-electron chi connectivity index (χ4n) is 3.59. The molecule has 176 valence electrons. The van der Waals surface area contributed by atoms with Crippen LogP contribution in [0.3, 0.4) is 0 Å². The molecule has 2 heterocycles. The molecular formula is C21H26N6O6. The van der Waals surface area contributed by atoms with E-state index in [0.29, 0.717) is 26.2 Å². The van der Waals surface area contributed by atoms with E-state index in [2.05, 4.69) is 36.5 Å². The summed E-state index contributed by atoms with van der Waals surface area (Å²) in [7, 11) is 2.38. The average Bonchev–Trinajstić information content (AvgIpc) is 2.84. The molecule has 0 bridgehead atoms. The second kappa shape index (κ2) is 11.2. The van der Waals surface area contributed by atoms with Crippen LogP contribution in [-0.4, -0.2) is 85.2 Å². The van der Waals surface area contributed by atoms with Gasteiger partial charge in [-0.1, -0.05) is 30.3 Å². The molecule has 0 spiro atoms. The van der Waals surface area contributed by atoms with E-state index in [0.717, 1.165) is 11.4 Å². The summed E-state index contributed by atoms with van der Waals surface area (Å²) in [5.74, 6) is -1.36. The van der Waals surface area contributed by atoms with Crippen molar-refractivity contribution in [3.63, 3.8) is 0 Å². The molecule has 33 heavy (non-hydrogen) atoms. The Morgan fingerprint density at radius 2 is 1.64 bits per heavy atom. The van der Waals surface area contributed by atoms with E-state index in [-0.39, 0.29) is 17.3 Å². The highest BCUT2D eigenvalue weighted by Crippen LogP contribution is 2.34. The van der Waals surface area contributed by atoms with Gasteiger partial charge in [-0.15, -0.1) is 0 Å². The zero-order valence-corrected chi connectivity index (χ0v) is 18.5. The zero-order chi connectivity index (χ0) is 23.8. The summed E-state index contributed by atoms with van der Waals surface area (Å²) in [5, 5.41) is 12.0. The van der Waals surface area contributed by atoms with Crippen molar-refractivity contribution in [1.82, 2.24) is 14.9 Å². The van der Waals surface area contributed by atoms with Crippen LogP contribution >= 0.6 is 0 Å². The molecule has 12 heteroatoms. The predicted molar refractivity (Wildman–Crippen MR) is 119 cm³/mol. The van der Waals surface area contributed by atoms with Crippen molar-refractivity contribution < 1.29 is 24.0 Å². The van der Waals surface area contributed by atoms with Crippen molar-refractivity contribution in [3.05, 3.63) is 52.3 Å². The smallest absolute Gasteiger partial charge is 0.353 e. The molecule has 1 aromatic carbocycles. The molecule has 0 amide bonds. The molecule has 0 unspecified atom stereocenters. The Morgan fingerprint density at radius 1 is 1.03 bits per heavy atom. The van der Waals surface area contributed by atoms with Crippen LogP contribution < -0.4 is 9.80 Å². The number of esters is 2. The van der Waals surface area contributed by atoms with Crippen molar-refractivity contribution in [2.45, 2.75) is 6.54 Å². The fraction of sp³-hybridized carbons (Fsp3) is 0.429. The Bertz CT molecular complexity index is 962. The maximum atomic E-state index is 12.0. The molecule has 0 saturated carbocycles. The molecule has 0 atom stereocenters. The van der Waals surface area contributed by atoms with Gasteiger partial charge in [0.15, 0.2) is 0 Å². The lowest BCUT2D eigenvalue weighted by Gasteiger charge is -2.35. The number of carbonyl (C=O) groups excluding carboxylic acids is 2. The number of anilines is 2. The molecular weight excluding hydrogens is 432 g/mol. The monoisotopic (exact) mass is 458 g/mol. The van der Waals surface area contributed by atoms with Crippen molar-refractivity contribution in [3.8, 4) is 0 Å². The number of hydrogen-bond acceptors (Lipinski definition) is 11. The summed E-state index contributed by atoms with van der Waals surface area (Å²) in [6.07, 6.45) is 1.19. The lowest BCUT2D eigenvalue weighted by atomic mass is 10.2. The first-order chi connectivity index (χ1) is 15.9. The van der Waals surface area contributed by atoms with Gasteiger partial charge in [0.1, 0.15) is 19.4 Å². The first-order valence-corrected chi connectivity index (χ1v) is 10.3. The van der Waals surface area contributed by atoms with Crippen molar-refractivity contribution in [2.75, 3.05) is 63.3 Å². The van der Waals surface area contributed by atoms with Gasteiger partial charge in [0.2, 0.25) is 11.6 Å². The summed E-state index contributed by atoms with van der Waals surface area (Å²) in [4.78, 5) is 48.6. The molecule has 1 aliphatic heterocycles. The van der Waals surface area contributed by atoms with E-state index in [1.165, 1.54) is 26.1 Å². The highest BCUT2D eigenvalue weighted by atomic mass is 16.6. The minimum atomic E-state index is -0.678. The van der Waals surface area contributed by atoms with Crippen LogP contribution in [0.2, 0.25) is 0 Å². The van der Waals surface area contributed by atoms with E-state index in [1.54, 1.807) is 0 Å². The molecule has 0 N–H and O–H groups in total. The van der Waals surface area contributed by atoms with E-state index >= 15 is 0 Å². The summed E-state index contributed by atoms with van der Waals surface area (Å²) in [6, 6.07) is 10.1. The lowest BCUT2D eigenvalue weighted by molar-refractivity contribution is -0.383. The van der Waals surface area contributed by atoms with Crippen molar-refractivity contribution in [1.29, 1.82) is 0 Å². The zero-order valence-electron chi connectivity index (χ0n) is 18.5. The van der Waals surface area contributed by atoms with Gasteiger partial charge in [0.25, 0.3) is 0 Å². The number of nitrogens with zero attached hydrogens (tertiary/aromatic N) is 6. The van der Waals surface area contributed by atoms with Gasteiger partial charge in [0, 0.05) is 32.7 Å². The van der Waals surface area contributed by atoms with Crippen LogP contribution in [0.4, 0.5) is 17.3 Å². The normalized spacial score (nSPS) is 13.9. The molecule has 1 fully saturated rings. The Hall–Kier alpha value is -3.80. The minimum absolute atomic E-state index is 0.143. The SMILES string of the molecule is COC(=O)CN(CC(=O)OC)c1ncnc(N2CCN(Cc3ccccc3)CC2)c1[N+](=O)[O-]. The van der Waals surface area contributed by atoms with Gasteiger partial charge < -0.3 is 19.3 Å². The third kappa shape index (κ3) is 6.13. The number of piperazine rings is 1. The van der Waals surface area contributed by atoms with E-state index in [1.807, 2.05) is 23.1 Å². The van der Waals surface area contributed by atoms with Gasteiger partial charge in [-0.25, -0.2) is 9.97 Å². The van der Waals surface area contributed by atoms with E-state index in [4.69, 9.17) is 0 Å². The highest BCUT2D eigenvalue weighted by molar-refractivity contribution is 5.84. The van der Waals surface area contributed by atoms with Crippen LogP contribution in [0.15, 0.2) is 36.7 Å².